The van der Waals surface area contributed by atoms with Crippen molar-refractivity contribution < 1.29 is 19.1 Å². The number of nitrogens with one attached hydrogen (secondary N) is 1. The van der Waals surface area contributed by atoms with Gasteiger partial charge >= 0.3 is 11.9 Å². The van der Waals surface area contributed by atoms with E-state index in [4.69, 9.17) is 10.00 Å². The van der Waals surface area contributed by atoms with E-state index >= 15 is 0 Å². The first kappa shape index (κ1) is 13.0. The number of carbonyl (C=O) groups excluding carboxylic acids is 2. The summed E-state index contributed by atoms with van der Waals surface area (Å²) in [4.78, 5) is 22.7. The van der Waals surface area contributed by atoms with Crippen molar-refractivity contribution in [2.75, 3.05) is 13.7 Å². The molecule has 0 aromatic carbocycles. The van der Waals surface area contributed by atoms with Gasteiger partial charge in [-0.15, -0.1) is 0 Å². The number of methoxy groups -OCH3 is 1. The molecule has 1 heterocycles. The van der Waals surface area contributed by atoms with Crippen molar-refractivity contribution in [1.29, 1.82) is 5.26 Å². The second-order valence-corrected chi connectivity index (χ2v) is 3.44. The summed E-state index contributed by atoms with van der Waals surface area (Å²) >= 11 is 0. The predicted molar refractivity (Wildman–Crippen MR) is 57.4 cm³/mol. The van der Waals surface area contributed by atoms with Gasteiger partial charge in [0.05, 0.1) is 13.7 Å². The van der Waals surface area contributed by atoms with Crippen molar-refractivity contribution in [2.24, 2.45) is 0 Å². The molecule has 17 heavy (non-hydrogen) atoms. The molecule has 1 rings (SSSR count). The molecule has 0 aromatic rings. The van der Waals surface area contributed by atoms with Crippen LogP contribution in [0.3, 0.4) is 0 Å². The lowest BCUT2D eigenvalue weighted by Gasteiger charge is -2.10. The number of nitrogens with zero attached hydrogens (tertiary/aromatic N) is 1. The second kappa shape index (κ2) is 5.89. The van der Waals surface area contributed by atoms with E-state index < -0.39 is 12.0 Å². The highest BCUT2D eigenvalue weighted by molar-refractivity contribution is 5.93. The van der Waals surface area contributed by atoms with Crippen LogP contribution in [-0.2, 0) is 19.1 Å². The molecule has 1 atom stereocenters. The highest BCUT2D eigenvalue weighted by atomic mass is 16.5. The molecule has 92 valence electrons. The zero-order valence-corrected chi connectivity index (χ0v) is 9.78. The van der Waals surface area contributed by atoms with Gasteiger partial charge < -0.3 is 14.8 Å². The van der Waals surface area contributed by atoms with E-state index in [9.17, 15) is 9.59 Å². The van der Waals surface area contributed by atoms with Crippen molar-refractivity contribution in [3.63, 3.8) is 0 Å². The summed E-state index contributed by atoms with van der Waals surface area (Å²) in [5.41, 5.74) is 0.358. The first-order chi connectivity index (χ1) is 8.13. The molecule has 0 unspecified atom stereocenters. The number of nitriles is 1. The van der Waals surface area contributed by atoms with Crippen LogP contribution in [0.5, 0.6) is 0 Å². The Balaban J connectivity index is 2.78. The fourth-order valence-corrected chi connectivity index (χ4v) is 1.60. The minimum atomic E-state index is -0.695. The van der Waals surface area contributed by atoms with Gasteiger partial charge in [-0.05, 0) is 19.8 Å². The van der Waals surface area contributed by atoms with Gasteiger partial charge in [-0.1, -0.05) is 0 Å². The standard InChI is InChI=1S/C11H14N2O4/c1-3-17-11(15)9-5-4-8(13-9)7(6-12)10(14)16-2/h9,13H,3-5H2,1-2H3/b8-7-/t9-/m0/s1. The smallest absolute Gasteiger partial charge is 0.350 e. The summed E-state index contributed by atoms with van der Waals surface area (Å²) in [5.74, 6) is -1.07. The lowest BCUT2D eigenvalue weighted by molar-refractivity contribution is -0.145. The Morgan fingerprint density at radius 2 is 2.29 bits per heavy atom. The Hall–Kier alpha value is -2.03. The van der Waals surface area contributed by atoms with Crippen LogP contribution in [0.1, 0.15) is 19.8 Å². The van der Waals surface area contributed by atoms with E-state index in [0.717, 1.165) is 0 Å². The Kier molecular flexibility index (Phi) is 4.52. The molecule has 0 saturated carbocycles. The average Bonchev–Trinajstić information content (AvgIpc) is 2.79. The third-order valence-corrected chi connectivity index (χ3v) is 2.41. The summed E-state index contributed by atoms with van der Waals surface area (Å²) < 4.78 is 9.33. The van der Waals surface area contributed by atoms with Crippen LogP contribution in [0.4, 0.5) is 0 Å². The molecular formula is C11H14N2O4. The van der Waals surface area contributed by atoms with E-state index in [1.54, 1.807) is 13.0 Å². The molecule has 0 aliphatic carbocycles. The first-order valence-electron chi connectivity index (χ1n) is 5.28. The predicted octanol–water partition coefficient (Wildman–Crippen LogP) is 0.252. The van der Waals surface area contributed by atoms with Gasteiger partial charge in [-0.3, -0.25) is 0 Å². The molecular weight excluding hydrogens is 224 g/mol. The summed E-state index contributed by atoms with van der Waals surface area (Å²) in [5, 5.41) is 11.7. The Morgan fingerprint density at radius 1 is 1.59 bits per heavy atom. The van der Waals surface area contributed by atoms with Crippen LogP contribution in [0.15, 0.2) is 11.3 Å². The lowest BCUT2D eigenvalue weighted by Crippen LogP contribution is -2.32. The molecule has 6 nitrogen and oxygen atoms in total. The molecule has 0 amide bonds. The molecule has 1 aliphatic rings. The monoisotopic (exact) mass is 238 g/mol. The van der Waals surface area contributed by atoms with Crippen molar-refractivity contribution in [1.82, 2.24) is 5.32 Å². The number of hydrogen-bond donors (Lipinski definition) is 1. The first-order valence-corrected chi connectivity index (χ1v) is 5.28. The Morgan fingerprint density at radius 3 is 2.82 bits per heavy atom. The number of allylic oxidation sites excluding steroid dienone is 1. The topological polar surface area (TPSA) is 88.4 Å². The van der Waals surface area contributed by atoms with Crippen LogP contribution < -0.4 is 5.32 Å². The van der Waals surface area contributed by atoms with E-state index in [1.165, 1.54) is 7.11 Å². The van der Waals surface area contributed by atoms with E-state index in [0.29, 0.717) is 25.1 Å². The fourth-order valence-electron chi connectivity index (χ4n) is 1.60. The van der Waals surface area contributed by atoms with Gasteiger partial charge in [0.1, 0.15) is 12.1 Å². The number of carbonyl (C=O) groups is 2. The quantitative estimate of drug-likeness (QED) is 0.431. The highest BCUT2D eigenvalue weighted by Crippen LogP contribution is 2.20. The van der Waals surface area contributed by atoms with E-state index in [1.807, 2.05) is 0 Å². The maximum Gasteiger partial charge on any atom is 0.350 e. The van der Waals surface area contributed by atoms with Crippen LogP contribution >= 0.6 is 0 Å². The Labute approximate surface area is 99.2 Å². The normalized spacial score (nSPS) is 21.1. The van der Waals surface area contributed by atoms with Crippen LogP contribution in [0.25, 0.3) is 0 Å². The summed E-state index contributed by atoms with van der Waals surface area (Å²) in [6.07, 6.45) is 0.970. The zero-order chi connectivity index (χ0) is 12.8. The molecule has 1 aliphatic heterocycles. The molecule has 1 fully saturated rings. The van der Waals surface area contributed by atoms with Gasteiger partial charge in [-0.25, -0.2) is 9.59 Å². The summed E-state index contributed by atoms with van der Waals surface area (Å²) in [6.45, 7) is 2.02. The molecule has 0 spiro atoms. The maximum absolute atomic E-state index is 11.4. The van der Waals surface area contributed by atoms with Gasteiger partial charge in [0.25, 0.3) is 0 Å². The van der Waals surface area contributed by atoms with Gasteiger partial charge in [-0.2, -0.15) is 5.26 Å². The van der Waals surface area contributed by atoms with E-state index in [-0.39, 0.29) is 11.5 Å². The molecule has 0 aromatic heterocycles. The number of esters is 2. The second-order valence-electron chi connectivity index (χ2n) is 3.44. The summed E-state index contributed by atoms with van der Waals surface area (Å²) in [6, 6.07) is 1.29. The zero-order valence-electron chi connectivity index (χ0n) is 9.78. The molecule has 1 saturated heterocycles. The van der Waals surface area contributed by atoms with Crippen molar-refractivity contribution in [3.05, 3.63) is 11.3 Å². The summed E-state index contributed by atoms with van der Waals surface area (Å²) in [7, 11) is 1.21. The molecule has 1 N–H and O–H groups in total. The maximum atomic E-state index is 11.4. The van der Waals surface area contributed by atoms with Gasteiger partial charge in [0.2, 0.25) is 0 Å². The lowest BCUT2D eigenvalue weighted by atomic mass is 10.2. The SMILES string of the molecule is CCOC(=O)[C@@H]1CC/C(=C(\C#N)C(=O)OC)N1. The van der Waals surface area contributed by atoms with Crippen LogP contribution in [0.2, 0.25) is 0 Å². The molecule has 0 radical (unpaired) electrons. The van der Waals surface area contributed by atoms with Gasteiger partial charge in [0.15, 0.2) is 5.57 Å². The largest absolute Gasteiger partial charge is 0.465 e. The molecule has 0 bridgehead atoms. The van der Waals surface area contributed by atoms with Crippen molar-refractivity contribution in [3.8, 4) is 6.07 Å². The highest BCUT2D eigenvalue weighted by Gasteiger charge is 2.30. The third kappa shape index (κ3) is 2.97. The van der Waals surface area contributed by atoms with Crippen molar-refractivity contribution >= 4 is 11.9 Å². The van der Waals surface area contributed by atoms with Crippen molar-refractivity contribution in [2.45, 2.75) is 25.8 Å². The van der Waals surface area contributed by atoms with Crippen LogP contribution in [-0.4, -0.2) is 31.7 Å². The Bertz CT molecular complexity index is 395. The average molecular weight is 238 g/mol. The van der Waals surface area contributed by atoms with Crippen LogP contribution in [0, 0.1) is 11.3 Å². The van der Waals surface area contributed by atoms with Gasteiger partial charge in [0, 0.05) is 5.70 Å². The number of rotatable bonds is 3. The number of hydrogen-bond acceptors (Lipinski definition) is 6. The van der Waals surface area contributed by atoms with E-state index in [2.05, 4.69) is 10.1 Å². The molecule has 6 heteroatoms. The minimum absolute atomic E-state index is 0.0840. The fraction of sp³-hybridized carbons (Fsp3) is 0.545. The minimum Gasteiger partial charge on any atom is -0.465 e. The number of ether oxygens (including phenoxy) is 2. The third-order valence-electron chi connectivity index (χ3n) is 2.41.